The molecule has 1 unspecified atom stereocenters. The van der Waals surface area contributed by atoms with Crippen molar-refractivity contribution in [2.45, 2.75) is 12.3 Å². The lowest BCUT2D eigenvalue weighted by Crippen LogP contribution is -2.36. The van der Waals surface area contributed by atoms with Crippen LogP contribution in [0.25, 0.3) is 0 Å². The second kappa shape index (κ2) is 9.56. The number of ether oxygens (including phenoxy) is 2. The molecule has 152 valence electrons. The third kappa shape index (κ3) is 5.14. The van der Waals surface area contributed by atoms with Crippen molar-refractivity contribution in [1.82, 2.24) is 10.3 Å². The molecule has 0 aromatic heterocycles. The molecule has 7 nitrogen and oxygen atoms in total. The normalized spacial score (nSPS) is 16.3. The van der Waals surface area contributed by atoms with E-state index in [0.717, 1.165) is 11.1 Å². The number of hydrogen-bond donors (Lipinski definition) is 1. The van der Waals surface area contributed by atoms with Crippen LogP contribution in [0, 0.1) is 0 Å². The highest BCUT2D eigenvalue weighted by Crippen LogP contribution is 2.35. The van der Waals surface area contributed by atoms with Gasteiger partial charge in [-0.15, -0.1) is 0 Å². The zero-order chi connectivity index (χ0) is 20.8. The summed E-state index contributed by atoms with van der Waals surface area (Å²) in [6, 6.07) is 13.4. The lowest BCUT2D eigenvalue weighted by atomic mass is 9.99. The SMILES string of the molecule is COc1cc(/C=N/NC(=O)CN2CC(c3ccccc3)CC2=O)cc(Br)c1OC. The Morgan fingerprint density at radius 2 is 2.03 bits per heavy atom. The third-order valence-electron chi connectivity index (χ3n) is 4.68. The summed E-state index contributed by atoms with van der Waals surface area (Å²) >= 11 is 3.41. The van der Waals surface area contributed by atoms with Crippen molar-refractivity contribution in [2.75, 3.05) is 27.3 Å². The summed E-state index contributed by atoms with van der Waals surface area (Å²) < 4.78 is 11.3. The van der Waals surface area contributed by atoms with Crippen molar-refractivity contribution in [3.8, 4) is 11.5 Å². The molecule has 1 aliphatic heterocycles. The maximum atomic E-state index is 12.2. The number of carbonyl (C=O) groups is 2. The Kier molecular flexibility index (Phi) is 6.87. The van der Waals surface area contributed by atoms with E-state index in [1.54, 1.807) is 31.3 Å². The summed E-state index contributed by atoms with van der Waals surface area (Å²) in [5.74, 6) is 0.868. The molecule has 3 rings (SSSR count). The van der Waals surface area contributed by atoms with Gasteiger partial charge < -0.3 is 14.4 Å². The minimum absolute atomic E-state index is 0.0187. The van der Waals surface area contributed by atoms with Crippen LogP contribution in [0.4, 0.5) is 0 Å². The highest BCUT2D eigenvalue weighted by atomic mass is 79.9. The Bertz CT molecular complexity index is 918. The quantitative estimate of drug-likeness (QED) is 0.509. The summed E-state index contributed by atoms with van der Waals surface area (Å²) in [6.45, 7) is 0.512. The van der Waals surface area contributed by atoms with E-state index in [9.17, 15) is 9.59 Å². The van der Waals surface area contributed by atoms with Crippen molar-refractivity contribution in [3.63, 3.8) is 0 Å². The molecule has 2 aromatic carbocycles. The van der Waals surface area contributed by atoms with E-state index in [4.69, 9.17) is 9.47 Å². The van der Waals surface area contributed by atoms with Gasteiger partial charge in [0.25, 0.3) is 5.91 Å². The first-order valence-electron chi connectivity index (χ1n) is 9.08. The number of rotatable bonds is 7. The van der Waals surface area contributed by atoms with E-state index in [1.807, 2.05) is 30.3 Å². The molecule has 29 heavy (non-hydrogen) atoms. The zero-order valence-electron chi connectivity index (χ0n) is 16.2. The Morgan fingerprint density at radius 3 is 2.72 bits per heavy atom. The molecule has 0 saturated carbocycles. The first-order valence-corrected chi connectivity index (χ1v) is 9.87. The smallest absolute Gasteiger partial charge is 0.259 e. The fraction of sp³-hybridized carbons (Fsp3) is 0.286. The predicted octanol–water partition coefficient (Wildman–Crippen LogP) is 2.93. The molecule has 1 atom stereocenters. The number of hydrazone groups is 1. The van der Waals surface area contributed by atoms with Crippen LogP contribution in [0.1, 0.15) is 23.5 Å². The molecule has 1 heterocycles. The van der Waals surface area contributed by atoms with E-state index in [1.165, 1.54) is 6.21 Å². The maximum absolute atomic E-state index is 12.2. The van der Waals surface area contributed by atoms with Crippen molar-refractivity contribution >= 4 is 34.0 Å². The summed E-state index contributed by atoms with van der Waals surface area (Å²) in [5.41, 5.74) is 4.30. The van der Waals surface area contributed by atoms with Gasteiger partial charge in [-0.1, -0.05) is 30.3 Å². The van der Waals surface area contributed by atoms with Gasteiger partial charge in [-0.3, -0.25) is 9.59 Å². The number of benzene rings is 2. The molecule has 0 aliphatic carbocycles. The van der Waals surface area contributed by atoms with Crippen LogP contribution < -0.4 is 14.9 Å². The number of nitrogens with zero attached hydrogens (tertiary/aromatic N) is 2. The molecule has 2 aromatic rings. The summed E-state index contributed by atoms with van der Waals surface area (Å²) in [6.07, 6.45) is 1.92. The minimum atomic E-state index is -0.345. The van der Waals surface area contributed by atoms with E-state index in [0.29, 0.717) is 28.9 Å². The molecule has 8 heteroatoms. The van der Waals surface area contributed by atoms with Crippen molar-refractivity contribution in [3.05, 3.63) is 58.1 Å². The van der Waals surface area contributed by atoms with Gasteiger partial charge in [-0.25, -0.2) is 5.43 Å². The van der Waals surface area contributed by atoms with E-state index in [-0.39, 0.29) is 24.3 Å². The Balaban J connectivity index is 1.56. The molecular weight excluding hydrogens is 438 g/mol. The van der Waals surface area contributed by atoms with Crippen LogP contribution in [0.5, 0.6) is 11.5 Å². The fourth-order valence-electron chi connectivity index (χ4n) is 3.27. The summed E-state index contributed by atoms with van der Waals surface area (Å²) in [7, 11) is 3.10. The number of methoxy groups -OCH3 is 2. The number of likely N-dealkylation sites (tertiary alicyclic amines) is 1. The van der Waals surface area contributed by atoms with Crippen LogP contribution in [0.2, 0.25) is 0 Å². The molecule has 0 spiro atoms. The third-order valence-corrected chi connectivity index (χ3v) is 5.27. The van der Waals surface area contributed by atoms with Crippen LogP contribution in [0.15, 0.2) is 52.0 Å². The van der Waals surface area contributed by atoms with Gasteiger partial charge in [0, 0.05) is 18.9 Å². The van der Waals surface area contributed by atoms with Gasteiger partial charge in [0.2, 0.25) is 5.91 Å². The molecular formula is C21H22BrN3O4. The van der Waals surface area contributed by atoms with Crippen LogP contribution in [-0.2, 0) is 9.59 Å². The molecule has 1 saturated heterocycles. The van der Waals surface area contributed by atoms with Gasteiger partial charge in [0.05, 0.1) is 24.9 Å². The summed E-state index contributed by atoms with van der Waals surface area (Å²) in [5, 5.41) is 3.98. The fourth-order valence-corrected chi connectivity index (χ4v) is 3.89. The number of amides is 2. The van der Waals surface area contributed by atoms with E-state index < -0.39 is 0 Å². The Labute approximate surface area is 177 Å². The van der Waals surface area contributed by atoms with E-state index in [2.05, 4.69) is 26.5 Å². The molecule has 1 N–H and O–H groups in total. The van der Waals surface area contributed by atoms with Gasteiger partial charge in [-0.05, 0) is 39.2 Å². The Morgan fingerprint density at radius 1 is 1.28 bits per heavy atom. The van der Waals surface area contributed by atoms with Crippen molar-refractivity contribution < 1.29 is 19.1 Å². The number of carbonyl (C=O) groups excluding carboxylic acids is 2. The average molecular weight is 460 g/mol. The topological polar surface area (TPSA) is 80.2 Å². The van der Waals surface area contributed by atoms with Gasteiger partial charge in [0.15, 0.2) is 11.5 Å². The zero-order valence-corrected chi connectivity index (χ0v) is 17.8. The molecule has 0 radical (unpaired) electrons. The van der Waals surface area contributed by atoms with Crippen LogP contribution in [-0.4, -0.2) is 50.2 Å². The van der Waals surface area contributed by atoms with Crippen LogP contribution in [0.3, 0.4) is 0 Å². The second-order valence-electron chi connectivity index (χ2n) is 6.62. The van der Waals surface area contributed by atoms with Gasteiger partial charge >= 0.3 is 0 Å². The number of halogens is 1. The number of hydrogen-bond acceptors (Lipinski definition) is 5. The first-order chi connectivity index (χ1) is 14.0. The molecule has 1 fully saturated rings. The maximum Gasteiger partial charge on any atom is 0.259 e. The van der Waals surface area contributed by atoms with Gasteiger partial charge in [0.1, 0.15) is 6.54 Å². The minimum Gasteiger partial charge on any atom is -0.493 e. The molecule has 2 amide bonds. The van der Waals surface area contributed by atoms with E-state index >= 15 is 0 Å². The Hall–Kier alpha value is -2.87. The average Bonchev–Trinajstić information content (AvgIpc) is 3.08. The summed E-state index contributed by atoms with van der Waals surface area (Å²) in [4.78, 5) is 26.0. The monoisotopic (exact) mass is 459 g/mol. The van der Waals surface area contributed by atoms with Gasteiger partial charge in [-0.2, -0.15) is 5.10 Å². The van der Waals surface area contributed by atoms with Crippen molar-refractivity contribution in [2.24, 2.45) is 5.10 Å². The van der Waals surface area contributed by atoms with Crippen LogP contribution >= 0.6 is 15.9 Å². The predicted molar refractivity (Wildman–Crippen MR) is 113 cm³/mol. The van der Waals surface area contributed by atoms with Crippen molar-refractivity contribution in [1.29, 1.82) is 0 Å². The number of nitrogens with one attached hydrogen (secondary N) is 1. The second-order valence-corrected chi connectivity index (χ2v) is 7.47. The molecule has 1 aliphatic rings. The highest BCUT2D eigenvalue weighted by molar-refractivity contribution is 9.10. The largest absolute Gasteiger partial charge is 0.493 e. The lowest BCUT2D eigenvalue weighted by molar-refractivity contribution is -0.133. The molecule has 0 bridgehead atoms. The standard InChI is InChI=1S/C21H22BrN3O4/c1-28-18-9-14(8-17(22)21(18)29-2)11-23-24-19(26)13-25-12-16(10-20(25)27)15-6-4-3-5-7-15/h3-9,11,16H,10,12-13H2,1-2H3,(H,24,26)/b23-11+. The lowest BCUT2D eigenvalue weighted by Gasteiger charge is -2.15. The first kappa shape index (κ1) is 20.9. The highest BCUT2D eigenvalue weighted by Gasteiger charge is 2.31.